The Bertz CT molecular complexity index is 896. The molecule has 0 aliphatic carbocycles. The molecule has 1 unspecified atom stereocenters. The predicted octanol–water partition coefficient (Wildman–Crippen LogP) is 7.32. The first kappa shape index (κ1) is 41.8. The van der Waals surface area contributed by atoms with Gasteiger partial charge in [0.1, 0.15) is 24.0 Å². The molecule has 0 radical (unpaired) electrons. The normalized spacial score (nSPS) is 15.0. The van der Waals surface area contributed by atoms with Crippen molar-refractivity contribution in [1.82, 2.24) is 0 Å². The van der Waals surface area contributed by atoms with Crippen molar-refractivity contribution in [1.29, 1.82) is 0 Å². The zero-order valence-corrected chi connectivity index (χ0v) is 30.6. The van der Waals surface area contributed by atoms with Crippen LogP contribution in [0.25, 0.3) is 0 Å². The van der Waals surface area contributed by atoms with Crippen molar-refractivity contribution in [2.45, 2.75) is 171 Å². The zero-order chi connectivity index (χ0) is 34.1. The smallest absolute Gasteiger partial charge is 0.141 e. The van der Waals surface area contributed by atoms with Crippen molar-refractivity contribution >= 4 is 17.9 Å². The van der Waals surface area contributed by atoms with E-state index in [2.05, 4.69) is 0 Å². The van der Waals surface area contributed by atoms with Crippen LogP contribution in [0.5, 0.6) is 0 Å². The van der Waals surface area contributed by atoms with Crippen LogP contribution < -0.4 is 0 Å². The summed E-state index contributed by atoms with van der Waals surface area (Å²) in [6, 6.07) is 0. The van der Waals surface area contributed by atoms with Crippen LogP contribution >= 0.6 is 0 Å². The van der Waals surface area contributed by atoms with Gasteiger partial charge in [0.05, 0.1) is 65.3 Å². The maximum absolute atomic E-state index is 12.5. The maximum Gasteiger partial charge on any atom is 0.141 e. The van der Waals surface area contributed by atoms with E-state index in [1.807, 2.05) is 104 Å². The molecule has 0 aromatic carbocycles. The molecule has 254 valence electrons. The van der Waals surface area contributed by atoms with E-state index >= 15 is 0 Å². The summed E-state index contributed by atoms with van der Waals surface area (Å²) in [6.07, 6.45) is 2.41. The second-order valence-electron chi connectivity index (χ2n) is 15.8. The van der Waals surface area contributed by atoms with Crippen molar-refractivity contribution in [3.05, 3.63) is 0 Å². The summed E-state index contributed by atoms with van der Waals surface area (Å²) < 4.78 is 31.5. The van der Waals surface area contributed by atoms with Crippen molar-refractivity contribution in [2.24, 2.45) is 10.8 Å². The number of rotatable bonds is 23. The number of hydrogen-bond acceptors (Lipinski definition) is 8. The minimum absolute atomic E-state index is 0.0787. The molecule has 8 heteroatoms. The number of ketones is 2. The average Bonchev–Trinajstić information content (AvgIpc) is 2.84. The molecule has 0 aliphatic heterocycles. The Kier molecular flexibility index (Phi) is 15.4. The monoisotopic (exact) mass is 614 g/mol. The van der Waals surface area contributed by atoms with Gasteiger partial charge in [0.25, 0.3) is 0 Å². The second-order valence-corrected chi connectivity index (χ2v) is 15.8. The van der Waals surface area contributed by atoms with Crippen LogP contribution in [0.3, 0.4) is 0 Å². The third kappa shape index (κ3) is 13.4. The quantitative estimate of drug-likeness (QED) is 0.110. The number of carbonyl (C=O) groups excluding carboxylic acids is 3. The molecule has 8 nitrogen and oxygen atoms in total. The van der Waals surface area contributed by atoms with Gasteiger partial charge in [-0.05, 0) is 89.0 Å². The van der Waals surface area contributed by atoms with Crippen molar-refractivity contribution in [3.8, 4) is 0 Å². The van der Waals surface area contributed by atoms with Gasteiger partial charge in [-0.2, -0.15) is 0 Å². The summed E-state index contributed by atoms with van der Waals surface area (Å²) in [4.78, 5) is 35.9. The van der Waals surface area contributed by atoms with Crippen molar-refractivity contribution < 1.29 is 38.1 Å². The van der Waals surface area contributed by atoms with Gasteiger partial charge in [-0.15, -0.1) is 0 Å². The van der Waals surface area contributed by atoms with E-state index in [1.165, 1.54) is 0 Å². The Labute approximate surface area is 263 Å². The van der Waals surface area contributed by atoms with Crippen LogP contribution in [0, 0.1) is 10.8 Å². The molecule has 0 aromatic heterocycles. The molecule has 0 spiro atoms. The molecule has 0 aromatic rings. The minimum atomic E-state index is -0.640. The van der Waals surface area contributed by atoms with Crippen LogP contribution in [0.4, 0.5) is 0 Å². The Balaban J connectivity index is 5.43. The van der Waals surface area contributed by atoms with E-state index in [4.69, 9.17) is 23.7 Å². The largest absolute Gasteiger partial charge is 0.374 e. The van der Waals surface area contributed by atoms with E-state index in [1.54, 1.807) is 6.92 Å². The SMILES string of the molecule is CCC(=O)C(C)(C)C(C)(C)OCCC(C)(C)OCC(COC(C)(C)CC=O)OC(C)(C)CCOC(C)(C)C(C)(C)C(C)=O. The van der Waals surface area contributed by atoms with Gasteiger partial charge in [-0.3, -0.25) is 9.59 Å². The highest BCUT2D eigenvalue weighted by Gasteiger charge is 2.44. The molecule has 0 rings (SSSR count). The topological polar surface area (TPSA) is 97.4 Å². The standard InChI is InChI=1S/C35H66O8/c1-17-28(38)33(11,12)35(15,16)40-22-19-30(5,6)42-25-27(24-41-29(3,4)18-21-36)43-31(7,8)20-23-39-34(13,14)32(9,10)26(2)37/h21,27H,17-20,22-25H2,1-16H3. The lowest BCUT2D eigenvalue weighted by atomic mass is 9.73. The fourth-order valence-corrected chi connectivity index (χ4v) is 4.26. The molecular formula is C35H66O8. The Hall–Kier alpha value is -1.19. The van der Waals surface area contributed by atoms with Gasteiger partial charge in [0.2, 0.25) is 0 Å². The van der Waals surface area contributed by atoms with Gasteiger partial charge in [-0.1, -0.05) is 34.6 Å². The summed E-state index contributed by atoms with van der Waals surface area (Å²) in [7, 11) is 0. The van der Waals surface area contributed by atoms with E-state index < -0.39 is 44.9 Å². The lowest BCUT2D eigenvalue weighted by molar-refractivity contribution is -0.182. The van der Waals surface area contributed by atoms with Crippen LogP contribution in [0.1, 0.15) is 136 Å². The van der Waals surface area contributed by atoms with E-state index in [0.29, 0.717) is 32.5 Å². The second kappa shape index (κ2) is 15.9. The number of Topliss-reactive ketones (excluding diaryl/α,β-unsaturated/α-hetero) is 2. The first-order valence-corrected chi connectivity index (χ1v) is 15.9. The third-order valence-corrected chi connectivity index (χ3v) is 9.62. The van der Waals surface area contributed by atoms with Gasteiger partial charge in [0.15, 0.2) is 0 Å². The number of carbonyl (C=O) groups is 3. The Morgan fingerprint density at radius 1 is 0.628 bits per heavy atom. The molecule has 0 bridgehead atoms. The fourth-order valence-electron chi connectivity index (χ4n) is 4.26. The molecule has 0 aliphatic rings. The minimum Gasteiger partial charge on any atom is -0.374 e. The van der Waals surface area contributed by atoms with Crippen LogP contribution in [0.15, 0.2) is 0 Å². The van der Waals surface area contributed by atoms with E-state index in [9.17, 15) is 14.4 Å². The summed E-state index contributed by atoms with van der Waals surface area (Å²) in [5, 5.41) is 0. The number of aldehydes is 1. The predicted molar refractivity (Wildman–Crippen MR) is 173 cm³/mol. The molecule has 43 heavy (non-hydrogen) atoms. The molecular weight excluding hydrogens is 548 g/mol. The highest BCUT2D eigenvalue weighted by molar-refractivity contribution is 5.85. The van der Waals surface area contributed by atoms with Crippen LogP contribution in [-0.2, 0) is 38.1 Å². The van der Waals surface area contributed by atoms with E-state index in [0.717, 1.165) is 6.29 Å². The molecule has 0 heterocycles. The fraction of sp³-hybridized carbons (Fsp3) is 0.914. The summed E-state index contributed by atoms with van der Waals surface area (Å²) >= 11 is 0. The first-order valence-electron chi connectivity index (χ1n) is 15.9. The highest BCUT2D eigenvalue weighted by atomic mass is 16.6. The number of ether oxygens (including phenoxy) is 5. The lowest BCUT2D eigenvalue weighted by Gasteiger charge is -2.41. The summed E-state index contributed by atoms with van der Waals surface area (Å²) in [5.74, 6) is 0.250. The lowest BCUT2D eigenvalue weighted by Crippen LogP contribution is -2.48. The van der Waals surface area contributed by atoms with Gasteiger partial charge in [0, 0.05) is 12.8 Å². The molecule has 0 saturated carbocycles. The van der Waals surface area contributed by atoms with Crippen molar-refractivity contribution in [3.63, 3.8) is 0 Å². The van der Waals surface area contributed by atoms with Crippen LogP contribution in [0.2, 0.25) is 0 Å². The maximum atomic E-state index is 12.5. The first-order chi connectivity index (χ1) is 19.2. The summed E-state index contributed by atoms with van der Waals surface area (Å²) in [5.41, 5.74) is -4.22. The zero-order valence-electron chi connectivity index (χ0n) is 30.6. The average molecular weight is 615 g/mol. The molecule has 0 N–H and O–H groups in total. The van der Waals surface area contributed by atoms with Crippen LogP contribution in [-0.4, -0.2) is 78.4 Å². The Morgan fingerprint density at radius 3 is 1.47 bits per heavy atom. The molecule has 0 fully saturated rings. The highest BCUT2D eigenvalue weighted by Crippen LogP contribution is 2.37. The molecule has 1 atom stereocenters. The Morgan fingerprint density at radius 2 is 1.05 bits per heavy atom. The molecule has 0 amide bonds. The van der Waals surface area contributed by atoms with E-state index in [-0.39, 0.29) is 31.2 Å². The summed E-state index contributed by atoms with van der Waals surface area (Å²) in [6.45, 7) is 32.1. The van der Waals surface area contributed by atoms with Gasteiger partial charge < -0.3 is 28.5 Å². The van der Waals surface area contributed by atoms with Gasteiger partial charge >= 0.3 is 0 Å². The molecule has 0 saturated heterocycles. The van der Waals surface area contributed by atoms with Crippen molar-refractivity contribution in [2.75, 3.05) is 26.4 Å². The third-order valence-electron chi connectivity index (χ3n) is 9.62. The number of hydrogen-bond donors (Lipinski definition) is 0. The van der Waals surface area contributed by atoms with Gasteiger partial charge in [-0.25, -0.2) is 0 Å².